The molecular formula is C13H16N4. The van der Waals surface area contributed by atoms with Gasteiger partial charge in [0, 0.05) is 12.4 Å². The molecule has 17 heavy (non-hydrogen) atoms. The summed E-state index contributed by atoms with van der Waals surface area (Å²) in [5, 5.41) is 3.27. The predicted octanol–water partition coefficient (Wildman–Crippen LogP) is 2.23. The first kappa shape index (κ1) is 11.4. The largest absolute Gasteiger partial charge is 0.397 e. The summed E-state index contributed by atoms with van der Waals surface area (Å²) in [6, 6.07) is 5.92. The monoisotopic (exact) mass is 228 g/mol. The van der Waals surface area contributed by atoms with Crippen LogP contribution in [0.25, 0.3) is 0 Å². The van der Waals surface area contributed by atoms with E-state index in [1.54, 1.807) is 12.4 Å². The van der Waals surface area contributed by atoms with Gasteiger partial charge in [0.1, 0.15) is 0 Å². The van der Waals surface area contributed by atoms with Gasteiger partial charge in [-0.05, 0) is 24.1 Å². The standard InChI is InChI=1S/C13H16N4/c1-2-10-4-3-5-16-13(10)9-17-12-6-11(14)7-15-8-12/h3-8,17H,2,9,14H2,1H3. The second-order valence-corrected chi connectivity index (χ2v) is 3.82. The maximum atomic E-state index is 5.67. The number of anilines is 2. The zero-order valence-electron chi connectivity index (χ0n) is 9.85. The van der Waals surface area contributed by atoms with E-state index < -0.39 is 0 Å². The molecule has 0 aliphatic rings. The number of nitrogens with zero attached hydrogens (tertiary/aromatic N) is 2. The van der Waals surface area contributed by atoms with E-state index in [0.717, 1.165) is 17.8 Å². The van der Waals surface area contributed by atoms with Crippen LogP contribution in [0.3, 0.4) is 0 Å². The summed E-state index contributed by atoms with van der Waals surface area (Å²) in [6.45, 7) is 2.82. The van der Waals surface area contributed by atoms with Gasteiger partial charge in [-0.3, -0.25) is 9.97 Å². The number of rotatable bonds is 4. The molecule has 2 rings (SSSR count). The van der Waals surface area contributed by atoms with Crippen LogP contribution in [0.5, 0.6) is 0 Å². The van der Waals surface area contributed by atoms with E-state index in [4.69, 9.17) is 5.73 Å². The quantitative estimate of drug-likeness (QED) is 0.842. The van der Waals surface area contributed by atoms with Crippen LogP contribution in [0, 0.1) is 0 Å². The minimum Gasteiger partial charge on any atom is -0.397 e. The van der Waals surface area contributed by atoms with Gasteiger partial charge >= 0.3 is 0 Å². The first-order chi connectivity index (χ1) is 8.29. The van der Waals surface area contributed by atoms with Crippen molar-refractivity contribution < 1.29 is 0 Å². The van der Waals surface area contributed by atoms with Crippen molar-refractivity contribution in [1.82, 2.24) is 9.97 Å². The molecule has 3 N–H and O–H groups in total. The molecule has 0 bridgehead atoms. The third-order valence-electron chi connectivity index (χ3n) is 2.58. The van der Waals surface area contributed by atoms with Crippen molar-refractivity contribution in [2.45, 2.75) is 19.9 Å². The smallest absolute Gasteiger partial charge is 0.0626 e. The number of aromatic nitrogens is 2. The topological polar surface area (TPSA) is 63.8 Å². The highest BCUT2D eigenvalue weighted by molar-refractivity contribution is 5.51. The summed E-state index contributed by atoms with van der Waals surface area (Å²) in [5.74, 6) is 0. The average Bonchev–Trinajstić information content (AvgIpc) is 2.37. The van der Waals surface area contributed by atoms with Crippen molar-refractivity contribution in [3.8, 4) is 0 Å². The molecule has 4 heteroatoms. The number of nitrogens with two attached hydrogens (primary N) is 1. The lowest BCUT2D eigenvalue weighted by molar-refractivity contribution is 0.970. The molecule has 0 aliphatic carbocycles. The number of pyridine rings is 2. The third kappa shape index (κ3) is 2.93. The highest BCUT2D eigenvalue weighted by atomic mass is 14.9. The Kier molecular flexibility index (Phi) is 3.55. The maximum absolute atomic E-state index is 5.67. The number of nitrogen functional groups attached to an aromatic ring is 1. The van der Waals surface area contributed by atoms with Crippen molar-refractivity contribution in [1.29, 1.82) is 0 Å². The molecule has 0 radical (unpaired) electrons. The zero-order chi connectivity index (χ0) is 12.1. The van der Waals surface area contributed by atoms with E-state index in [2.05, 4.69) is 28.3 Å². The summed E-state index contributed by atoms with van der Waals surface area (Å²) >= 11 is 0. The Hall–Kier alpha value is -2.10. The molecule has 2 heterocycles. The average molecular weight is 228 g/mol. The van der Waals surface area contributed by atoms with Crippen LogP contribution in [0.4, 0.5) is 11.4 Å². The summed E-state index contributed by atoms with van der Waals surface area (Å²) in [6.07, 6.45) is 6.18. The van der Waals surface area contributed by atoms with Crippen molar-refractivity contribution in [3.05, 3.63) is 48.0 Å². The minimum atomic E-state index is 0.659. The lowest BCUT2D eigenvalue weighted by Gasteiger charge is -2.09. The Labute approximate surface area is 101 Å². The number of aryl methyl sites for hydroxylation is 1. The SMILES string of the molecule is CCc1cccnc1CNc1cncc(N)c1. The van der Waals surface area contributed by atoms with Crippen LogP contribution >= 0.6 is 0 Å². The summed E-state index contributed by atoms with van der Waals surface area (Å²) in [7, 11) is 0. The fourth-order valence-electron chi connectivity index (χ4n) is 1.69. The maximum Gasteiger partial charge on any atom is 0.0626 e. The Morgan fingerprint density at radius 2 is 2.24 bits per heavy atom. The van der Waals surface area contributed by atoms with Gasteiger partial charge in [-0.1, -0.05) is 13.0 Å². The second-order valence-electron chi connectivity index (χ2n) is 3.82. The van der Waals surface area contributed by atoms with Gasteiger partial charge in [-0.15, -0.1) is 0 Å². The van der Waals surface area contributed by atoms with Crippen LogP contribution in [0.1, 0.15) is 18.2 Å². The molecule has 0 aliphatic heterocycles. The molecule has 0 amide bonds. The molecule has 2 aromatic heterocycles. The van der Waals surface area contributed by atoms with E-state index in [1.807, 2.05) is 18.3 Å². The Balaban J connectivity index is 2.07. The van der Waals surface area contributed by atoms with Crippen molar-refractivity contribution in [2.75, 3.05) is 11.1 Å². The normalized spacial score (nSPS) is 10.2. The minimum absolute atomic E-state index is 0.659. The van der Waals surface area contributed by atoms with Crippen molar-refractivity contribution >= 4 is 11.4 Å². The van der Waals surface area contributed by atoms with Crippen LogP contribution in [-0.2, 0) is 13.0 Å². The predicted molar refractivity (Wildman–Crippen MR) is 69.6 cm³/mol. The lowest BCUT2D eigenvalue weighted by atomic mass is 10.1. The van der Waals surface area contributed by atoms with Crippen molar-refractivity contribution in [3.63, 3.8) is 0 Å². The molecular weight excluding hydrogens is 212 g/mol. The molecule has 0 spiro atoms. The molecule has 4 nitrogen and oxygen atoms in total. The van der Waals surface area contributed by atoms with Gasteiger partial charge in [0.05, 0.1) is 29.8 Å². The summed E-state index contributed by atoms with van der Waals surface area (Å²) < 4.78 is 0. The Morgan fingerprint density at radius 1 is 1.35 bits per heavy atom. The lowest BCUT2D eigenvalue weighted by Crippen LogP contribution is -2.05. The van der Waals surface area contributed by atoms with Gasteiger partial charge < -0.3 is 11.1 Å². The molecule has 0 aromatic carbocycles. The molecule has 88 valence electrons. The van der Waals surface area contributed by atoms with Crippen LogP contribution in [0.2, 0.25) is 0 Å². The van der Waals surface area contributed by atoms with E-state index in [0.29, 0.717) is 12.2 Å². The van der Waals surface area contributed by atoms with E-state index in [9.17, 15) is 0 Å². The van der Waals surface area contributed by atoms with Gasteiger partial charge in [0.25, 0.3) is 0 Å². The first-order valence-corrected chi connectivity index (χ1v) is 5.66. The molecule has 0 saturated carbocycles. The second kappa shape index (κ2) is 5.30. The van der Waals surface area contributed by atoms with Crippen LogP contribution in [-0.4, -0.2) is 9.97 Å². The fraction of sp³-hybridized carbons (Fsp3) is 0.231. The van der Waals surface area contributed by atoms with E-state index in [1.165, 1.54) is 5.56 Å². The number of hydrogen-bond acceptors (Lipinski definition) is 4. The molecule has 0 fully saturated rings. The van der Waals surface area contributed by atoms with Gasteiger partial charge in [-0.25, -0.2) is 0 Å². The van der Waals surface area contributed by atoms with E-state index in [-0.39, 0.29) is 0 Å². The van der Waals surface area contributed by atoms with E-state index >= 15 is 0 Å². The summed E-state index contributed by atoms with van der Waals surface area (Å²) in [5.41, 5.74) is 9.57. The van der Waals surface area contributed by atoms with Gasteiger partial charge in [0.2, 0.25) is 0 Å². The number of nitrogens with one attached hydrogen (secondary N) is 1. The highest BCUT2D eigenvalue weighted by Gasteiger charge is 2.01. The molecule has 0 unspecified atom stereocenters. The van der Waals surface area contributed by atoms with Crippen molar-refractivity contribution in [2.24, 2.45) is 0 Å². The summed E-state index contributed by atoms with van der Waals surface area (Å²) in [4.78, 5) is 8.40. The molecule has 2 aromatic rings. The van der Waals surface area contributed by atoms with Crippen LogP contribution < -0.4 is 11.1 Å². The van der Waals surface area contributed by atoms with Gasteiger partial charge in [-0.2, -0.15) is 0 Å². The molecule has 0 atom stereocenters. The first-order valence-electron chi connectivity index (χ1n) is 5.66. The highest BCUT2D eigenvalue weighted by Crippen LogP contribution is 2.12. The number of hydrogen-bond donors (Lipinski definition) is 2. The zero-order valence-corrected chi connectivity index (χ0v) is 9.85. The molecule has 0 saturated heterocycles. The van der Waals surface area contributed by atoms with Crippen LogP contribution in [0.15, 0.2) is 36.8 Å². The Bertz CT molecular complexity index is 496. The third-order valence-corrected chi connectivity index (χ3v) is 2.58. The van der Waals surface area contributed by atoms with Gasteiger partial charge in [0.15, 0.2) is 0 Å². The fourth-order valence-corrected chi connectivity index (χ4v) is 1.69. The Morgan fingerprint density at radius 3 is 3.00 bits per heavy atom.